The number of piperidine rings is 1. The van der Waals surface area contributed by atoms with E-state index in [-0.39, 0.29) is 13.2 Å². The highest BCUT2D eigenvalue weighted by Crippen LogP contribution is 2.35. The lowest BCUT2D eigenvalue weighted by molar-refractivity contribution is -0.142. The summed E-state index contributed by atoms with van der Waals surface area (Å²) in [4.78, 5) is 9.14. The molecule has 2 fully saturated rings. The van der Waals surface area contributed by atoms with Crippen LogP contribution < -0.4 is 4.90 Å². The molecule has 34 heavy (non-hydrogen) atoms. The largest absolute Gasteiger partial charge is 0.375 e. The topological polar surface area (TPSA) is 59.3 Å². The maximum absolute atomic E-state index is 14.9. The van der Waals surface area contributed by atoms with Gasteiger partial charge in [0.2, 0.25) is 0 Å². The molecule has 178 valence electrons. The summed E-state index contributed by atoms with van der Waals surface area (Å²) in [5.74, 6) is 3.17. The molecule has 3 aliphatic heterocycles. The van der Waals surface area contributed by atoms with E-state index in [1.807, 2.05) is 31.2 Å². The van der Waals surface area contributed by atoms with Gasteiger partial charge >= 0.3 is 0 Å². The molecule has 0 bridgehead atoms. The van der Waals surface area contributed by atoms with Crippen molar-refractivity contribution in [3.8, 4) is 5.69 Å². The maximum atomic E-state index is 14.9. The molecule has 0 aliphatic carbocycles. The third-order valence-corrected chi connectivity index (χ3v) is 7.32. The number of anilines is 1. The summed E-state index contributed by atoms with van der Waals surface area (Å²) in [6.07, 6.45) is 1.96. The van der Waals surface area contributed by atoms with Crippen molar-refractivity contribution in [1.29, 1.82) is 0 Å². The smallest absolute Gasteiger partial charge is 0.169 e. The summed E-state index contributed by atoms with van der Waals surface area (Å²) in [5, 5.41) is 9.93. The molecular formula is C25H28ClFN6O. The van der Waals surface area contributed by atoms with E-state index in [0.29, 0.717) is 30.6 Å². The van der Waals surface area contributed by atoms with Gasteiger partial charge in [-0.25, -0.2) is 9.37 Å². The van der Waals surface area contributed by atoms with Gasteiger partial charge in [-0.3, -0.25) is 9.47 Å². The van der Waals surface area contributed by atoms with Crippen molar-refractivity contribution in [2.24, 2.45) is 0 Å². The monoisotopic (exact) mass is 482 g/mol. The fraction of sp³-hybridized carbons (Fsp3) is 0.480. The first kappa shape index (κ1) is 21.9. The molecule has 0 atom stereocenters. The molecule has 1 aromatic carbocycles. The molecule has 2 saturated heterocycles. The van der Waals surface area contributed by atoms with Crippen LogP contribution in [-0.2, 0) is 17.8 Å². The van der Waals surface area contributed by atoms with Crippen molar-refractivity contribution in [3.63, 3.8) is 0 Å². The molecule has 0 spiro atoms. The number of pyridine rings is 1. The molecule has 3 aromatic rings. The third kappa shape index (κ3) is 4.08. The highest BCUT2D eigenvalue weighted by molar-refractivity contribution is 6.30. The van der Waals surface area contributed by atoms with Gasteiger partial charge in [-0.05, 0) is 55.7 Å². The fourth-order valence-corrected chi connectivity index (χ4v) is 5.55. The zero-order valence-corrected chi connectivity index (χ0v) is 20.0. The van der Waals surface area contributed by atoms with Gasteiger partial charge in [-0.2, -0.15) is 0 Å². The molecule has 2 aromatic heterocycles. The van der Waals surface area contributed by atoms with Crippen LogP contribution >= 0.6 is 11.6 Å². The standard InChI is InChI=1S/C25H28ClFN6O/c1-17-3-2-4-22(28-17)32-9-7-18(8-10-32)24-30-29-23-13-31(14-25(27)15-34-16-25)12-19-11-20(26)5-6-21(19)33(23)24/h2-6,11,18H,7-10,12-16H2,1H3. The van der Waals surface area contributed by atoms with Crippen molar-refractivity contribution >= 4 is 17.4 Å². The van der Waals surface area contributed by atoms with Gasteiger partial charge in [0.05, 0.1) is 25.4 Å². The zero-order valence-electron chi connectivity index (χ0n) is 19.3. The summed E-state index contributed by atoms with van der Waals surface area (Å²) in [6.45, 7) is 5.64. The van der Waals surface area contributed by atoms with E-state index in [0.717, 1.165) is 60.3 Å². The van der Waals surface area contributed by atoms with E-state index in [9.17, 15) is 4.39 Å². The van der Waals surface area contributed by atoms with Crippen molar-refractivity contribution in [3.05, 3.63) is 64.3 Å². The Kier molecular flexibility index (Phi) is 5.54. The van der Waals surface area contributed by atoms with Crippen LogP contribution in [0.5, 0.6) is 0 Å². The number of hydrogen-bond acceptors (Lipinski definition) is 6. The van der Waals surface area contributed by atoms with E-state index < -0.39 is 5.67 Å². The number of ether oxygens (including phenoxy) is 1. The molecular weight excluding hydrogens is 455 g/mol. The van der Waals surface area contributed by atoms with Gasteiger partial charge < -0.3 is 9.64 Å². The van der Waals surface area contributed by atoms with E-state index >= 15 is 0 Å². The van der Waals surface area contributed by atoms with Crippen LogP contribution in [0.1, 0.15) is 41.7 Å². The van der Waals surface area contributed by atoms with Crippen molar-refractivity contribution < 1.29 is 9.13 Å². The number of benzene rings is 1. The highest BCUT2D eigenvalue weighted by Gasteiger charge is 2.41. The molecule has 9 heteroatoms. The fourth-order valence-electron chi connectivity index (χ4n) is 5.35. The van der Waals surface area contributed by atoms with Gasteiger partial charge in [0.25, 0.3) is 0 Å². The Balaban J connectivity index is 1.28. The van der Waals surface area contributed by atoms with Gasteiger partial charge in [0.15, 0.2) is 11.5 Å². The number of alkyl halides is 1. The zero-order chi connectivity index (χ0) is 23.3. The van der Waals surface area contributed by atoms with Crippen molar-refractivity contribution in [2.75, 3.05) is 37.7 Å². The van der Waals surface area contributed by atoms with E-state index in [1.165, 1.54) is 0 Å². The summed E-state index contributed by atoms with van der Waals surface area (Å²) in [6, 6.07) is 12.1. The second-order valence-corrected chi connectivity index (χ2v) is 10.2. The van der Waals surface area contributed by atoms with Crippen LogP contribution in [0.25, 0.3) is 5.69 Å². The SMILES string of the molecule is Cc1cccc(N2CCC(c3nnc4n3-c3ccc(Cl)cc3CN(CC3(F)COC3)C4)CC2)n1. The second-order valence-electron chi connectivity index (χ2n) is 9.77. The molecule has 0 amide bonds. The maximum Gasteiger partial charge on any atom is 0.169 e. The lowest BCUT2D eigenvalue weighted by Crippen LogP contribution is -2.53. The van der Waals surface area contributed by atoms with Crippen LogP contribution in [0.2, 0.25) is 5.02 Å². The van der Waals surface area contributed by atoms with Crippen molar-refractivity contribution in [1.82, 2.24) is 24.6 Å². The molecule has 0 radical (unpaired) electrons. The molecule has 3 aliphatic rings. The number of halogens is 2. The Morgan fingerprint density at radius 3 is 2.68 bits per heavy atom. The molecule has 0 saturated carbocycles. The van der Waals surface area contributed by atoms with Gasteiger partial charge in [-0.15, -0.1) is 10.2 Å². The van der Waals surface area contributed by atoms with Crippen LogP contribution in [0.4, 0.5) is 10.2 Å². The predicted octanol–water partition coefficient (Wildman–Crippen LogP) is 4.06. The summed E-state index contributed by atoms with van der Waals surface area (Å²) < 4.78 is 22.2. The van der Waals surface area contributed by atoms with E-state index in [2.05, 4.69) is 41.7 Å². The number of aryl methyl sites for hydroxylation is 1. The van der Waals surface area contributed by atoms with Crippen LogP contribution in [-0.4, -0.2) is 63.2 Å². The van der Waals surface area contributed by atoms with Gasteiger partial charge in [0.1, 0.15) is 11.6 Å². The first-order chi connectivity index (χ1) is 16.5. The Labute approximate surface area is 203 Å². The highest BCUT2D eigenvalue weighted by atomic mass is 35.5. The second kappa shape index (κ2) is 8.59. The lowest BCUT2D eigenvalue weighted by Gasteiger charge is -2.37. The van der Waals surface area contributed by atoms with E-state index in [1.54, 1.807) is 0 Å². The Morgan fingerprint density at radius 1 is 1.12 bits per heavy atom. The number of fused-ring (bicyclic) bond motifs is 3. The molecule has 5 heterocycles. The van der Waals surface area contributed by atoms with Gasteiger partial charge in [-0.1, -0.05) is 17.7 Å². The quantitative estimate of drug-likeness (QED) is 0.559. The normalized spacial score (nSPS) is 20.4. The molecule has 0 N–H and O–H groups in total. The Hall–Kier alpha value is -2.55. The Bertz CT molecular complexity index is 1200. The lowest BCUT2D eigenvalue weighted by atomic mass is 9.95. The predicted molar refractivity (Wildman–Crippen MR) is 128 cm³/mol. The number of hydrogen-bond donors (Lipinski definition) is 0. The van der Waals surface area contributed by atoms with Crippen LogP contribution in [0.3, 0.4) is 0 Å². The number of nitrogens with zero attached hydrogens (tertiary/aromatic N) is 6. The molecule has 0 unspecified atom stereocenters. The summed E-state index contributed by atoms with van der Waals surface area (Å²) >= 11 is 6.36. The molecule has 7 nitrogen and oxygen atoms in total. The van der Waals surface area contributed by atoms with Crippen molar-refractivity contribution in [2.45, 2.75) is 44.4 Å². The third-order valence-electron chi connectivity index (χ3n) is 7.08. The van der Waals surface area contributed by atoms with E-state index in [4.69, 9.17) is 16.3 Å². The average molecular weight is 483 g/mol. The average Bonchev–Trinajstić information content (AvgIpc) is 3.15. The number of aromatic nitrogens is 4. The Morgan fingerprint density at radius 2 is 1.94 bits per heavy atom. The molecule has 6 rings (SSSR count). The first-order valence-corrected chi connectivity index (χ1v) is 12.3. The minimum Gasteiger partial charge on any atom is -0.375 e. The first-order valence-electron chi connectivity index (χ1n) is 11.9. The van der Waals surface area contributed by atoms with Gasteiger partial charge in [0, 0.05) is 42.8 Å². The van der Waals surface area contributed by atoms with Crippen LogP contribution in [0.15, 0.2) is 36.4 Å². The number of rotatable bonds is 4. The summed E-state index contributed by atoms with van der Waals surface area (Å²) in [5.41, 5.74) is 1.85. The minimum absolute atomic E-state index is 0.151. The minimum atomic E-state index is -1.30. The van der Waals surface area contributed by atoms with Crippen LogP contribution in [0, 0.1) is 6.92 Å². The summed E-state index contributed by atoms with van der Waals surface area (Å²) in [7, 11) is 0.